The number of aromatic nitrogens is 2. The van der Waals surface area contributed by atoms with Gasteiger partial charge in [-0.1, -0.05) is 11.3 Å². The topological polar surface area (TPSA) is 62.5 Å². The molecule has 1 aliphatic heterocycles. The molecular weight excluding hydrogens is 345 g/mol. The lowest BCUT2D eigenvalue weighted by molar-refractivity contribution is -0.138. The van der Waals surface area contributed by atoms with Crippen molar-refractivity contribution in [2.45, 2.75) is 20.0 Å². The van der Waals surface area contributed by atoms with E-state index in [0.717, 1.165) is 0 Å². The maximum atomic E-state index is 12.6. The number of amides is 1. The molecule has 0 N–H and O–H groups in total. The van der Waals surface area contributed by atoms with Gasteiger partial charge in [-0.05, 0) is 19.9 Å². The Morgan fingerprint density at radius 1 is 1.21 bits per heavy atom. The van der Waals surface area contributed by atoms with Crippen molar-refractivity contribution < 1.29 is 22.4 Å². The number of alkyl halides is 3. The molecule has 1 saturated heterocycles. The molecule has 2 aromatic heterocycles. The van der Waals surface area contributed by atoms with Crippen molar-refractivity contribution >= 4 is 22.4 Å². The summed E-state index contributed by atoms with van der Waals surface area (Å²) in [6.45, 7) is 5.14. The minimum Gasteiger partial charge on any atom is -0.466 e. The molecule has 0 aliphatic carbocycles. The molecule has 1 amide bonds. The van der Waals surface area contributed by atoms with E-state index in [1.54, 1.807) is 29.7 Å². The van der Waals surface area contributed by atoms with E-state index in [1.807, 2.05) is 0 Å². The van der Waals surface area contributed by atoms with Crippen LogP contribution in [-0.2, 0) is 6.18 Å². The highest BCUT2D eigenvalue weighted by Gasteiger charge is 2.36. The second kappa shape index (κ2) is 6.08. The molecule has 0 unspecified atom stereocenters. The molecule has 0 atom stereocenters. The molecule has 0 saturated carbocycles. The number of carbonyl (C=O) groups is 1. The molecule has 1 aliphatic rings. The molecular formula is C14H15F3N4O2S. The first-order valence-corrected chi connectivity index (χ1v) is 8.09. The summed E-state index contributed by atoms with van der Waals surface area (Å²) in [6, 6.07) is 1.70. The smallest absolute Gasteiger partial charge is 0.445 e. The Bertz CT molecular complexity index is 748. The van der Waals surface area contributed by atoms with E-state index in [-0.39, 0.29) is 11.0 Å². The molecule has 3 heterocycles. The van der Waals surface area contributed by atoms with E-state index in [2.05, 4.69) is 10.2 Å². The lowest BCUT2D eigenvalue weighted by Gasteiger charge is -2.34. The standard InChI is InChI=1S/C14H15F3N4O2S/c1-8-7-10(9(2)23-8)11(22)20-3-5-21(6-4-20)13-19-18-12(24-13)14(15,16)17/h7H,3-6H2,1-2H3. The first-order valence-electron chi connectivity index (χ1n) is 7.27. The largest absolute Gasteiger partial charge is 0.466 e. The van der Waals surface area contributed by atoms with Crippen LogP contribution in [0.5, 0.6) is 0 Å². The zero-order chi connectivity index (χ0) is 17.5. The summed E-state index contributed by atoms with van der Waals surface area (Å²) in [5, 5.41) is 6.06. The number of rotatable bonds is 2. The monoisotopic (exact) mass is 360 g/mol. The van der Waals surface area contributed by atoms with Crippen LogP contribution >= 0.6 is 11.3 Å². The number of aryl methyl sites for hydroxylation is 2. The zero-order valence-corrected chi connectivity index (χ0v) is 13.9. The van der Waals surface area contributed by atoms with Gasteiger partial charge in [0, 0.05) is 26.2 Å². The lowest BCUT2D eigenvalue weighted by Crippen LogP contribution is -2.48. The van der Waals surface area contributed by atoms with E-state index < -0.39 is 11.2 Å². The fraction of sp³-hybridized carbons (Fsp3) is 0.500. The lowest BCUT2D eigenvalue weighted by atomic mass is 10.2. The Hall–Kier alpha value is -2.10. The van der Waals surface area contributed by atoms with Crippen molar-refractivity contribution in [3.63, 3.8) is 0 Å². The third kappa shape index (κ3) is 3.23. The number of halogens is 3. The molecule has 0 bridgehead atoms. The maximum Gasteiger partial charge on any atom is 0.445 e. The van der Waals surface area contributed by atoms with Crippen molar-refractivity contribution in [1.29, 1.82) is 0 Å². The summed E-state index contributed by atoms with van der Waals surface area (Å²) in [6.07, 6.45) is -4.48. The molecule has 24 heavy (non-hydrogen) atoms. The molecule has 0 spiro atoms. The Morgan fingerprint density at radius 2 is 1.88 bits per heavy atom. The number of carbonyl (C=O) groups excluding carboxylic acids is 1. The predicted octanol–water partition coefficient (Wildman–Crippen LogP) is 2.73. The Balaban J connectivity index is 1.64. The van der Waals surface area contributed by atoms with Crippen molar-refractivity contribution in [2.75, 3.05) is 31.1 Å². The highest BCUT2D eigenvalue weighted by molar-refractivity contribution is 7.15. The number of piperazine rings is 1. The summed E-state index contributed by atoms with van der Waals surface area (Å²) in [5.41, 5.74) is 0.524. The summed E-state index contributed by atoms with van der Waals surface area (Å²) >= 11 is 0.518. The van der Waals surface area contributed by atoms with Crippen LogP contribution in [0.15, 0.2) is 10.5 Å². The van der Waals surface area contributed by atoms with E-state index in [4.69, 9.17) is 4.42 Å². The quantitative estimate of drug-likeness (QED) is 0.824. The average molecular weight is 360 g/mol. The normalized spacial score (nSPS) is 15.9. The SMILES string of the molecule is Cc1cc(C(=O)N2CCN(c3nnc(C(F)(F)F)s3)CC2)c(C)o1. The molecule has 3 rings (SSSR count). The van der Waals surface area contributed by atoms with Crippen LogP contribution in [0.3, 0.4) is 0 Å². The van der Waals surface area contributed by atoms with Gasteiger partial charge in [0.15, 0.2) is 0 Å². The number of anilines is 1. The summed E-state index contributed by atoms with van der Waals surface area (Å²) in [5.74, 6) is 1.11. The zero-order valence-electron chi connectivity index (χ0n) is 13.1. The number of hydrogen-bond acceptors (Lipinski definition) is 6. The van der Waals surface area contributed by atoms with Gasteiger partial charge in [-0.2, -0.15) is 13.2 Å². The average Bonchev–Trinajstić information content (AvgIpc) is 3.13. The van der Waals surface area contributed by atoms with Gasteiger partial charge < -0.3 is 14.2 Å². The second-order valence-electron chi connectivity index (χ2n) is 5.49. The highest BCUT2D eigenvalue weighted by atomic mass is 32.1. The predicted molar refractivity (Wildman–Crippen MR) is 81.2 cm³/mol. The van der Waals surface area contributed by atoms with Gasteiger partial charge in [0.25, 0.3) is 5.91 Å². The van der Waals surface area contributed by atoms with E-state index in [9.17, 15) is 18.0 Å². The molecule has 6 nitrogen and oxygen atoms in total. The first kappa shape index (κ1) is 16.7. The third-order valence-electron chi connectivity index (χ3n) is 3.77. The van der Waals surface area contributed by atoms with Crippen LogP contribution in [0.25, 0.3) is 0 Å². The Labute approximate surface area is 139 Å². The van der Waals surface area contributed by atoms with Crippen LogP contribution < -0.4 is 4.90 Å². The third-order valence-corrected chi connectivity index (χ3v) is 4.79. The number of furan rings is 1. The van der Waals surface area contributed by atoms with Crippen molar-refractivity contribution in [3.8, 4) is 0 Å². The van der Waals surface area contributed by atoms with Crippen LogP contribution in [0, 0.1) is 13.8 Å². The van der Waals surface area contributed by atoms with Gasteiger partial charge in [0.1, 0.15) is 11.5 Å². The molecule has 0 radical (unpaired) electrons. The van der Waals surface area contributed by atoms with Gasteiger partial charge in [0.05, 0.1) is 5.56 Å². The molecule has 2 aromatic rings. The van der Waals surface area contributed by atoms with Crippen molar-refractivity contribution in [3.05, 3.63) is 28.2 Å². The van der Waals surface area contributed by atoms with E-state index >= 15 is 0 Å². The van der Waals surface area contributed by atoms with Gasteiger partial charge in [0.2, 0.25) is 10.1 Å². The highest BCUT2D eigenvalue weighted by Crippen LogP contribution is 2.34. The molecule has 10 heteroatoms. The van der Waals surface area contributed by atoms with Crippen molar-refractivity contribution in [1.82, 2.24) is 15.1 Å². The van der Waals surface area contributed by atoms with E-state index in [1.165, 1.54) is 0 Å². The summed E-state index contributed by atoms with van der Waals surface area (Å²) in [4.78, 5) is 15.9. The molecule has 1 fully saturated rings. The van der Waals surface area contributed by atoms with Crippen LogP contribution in [0.2, 0.25) is 0 Å². The Kier molecular flexibility index (Phi) is 4.24. The fourth-order valence-corrected chi connectivity index (χ4v) is 3.34. The van der Waals surface area contributed by atoms with Crippen LogP contribution in [-0.4, -0.2) is 47.2 Å². The number of hydrogen-bond donors (Lipinski definition) is 0. The maximum absolute atomic E-state index is 12.6. The van der Waals surface area contributed by atoms with Gasteiger partial charge >= 0.3 is 6.18 Å². The van der Waals surface area contributed by atoms with Crippen LogP contribution in [0.1, 0.15) is 26.9 Å². The summed E-state index contributed by atoms with van der Waals surface area (Å²) in [7, 11) is 0. The Morgan fingerprint density at radius 3 is 2.38 bits per heavy atom. The van der Waals surface area contributed by atoms with Crippen LogP contribution in [0.4, 0.5) is 18.3 Å². The van der Waals surface area contributed by atoms with Gasteiger partial charge in [-0.15, -0.1) is 10.2 Å². The number of nitrogens with zero attached hydrogens (tertiary/aromatic N) is 4. The molecule has 0 aromatic carbocycles. The first-order chi connectivity index (χ1) is 11.3. The van der Waals surface area contributed by atoms with Crippen molar-refractivity contribution in [2.24, 2.45) is 0 Å². The minimum atomic E-state index is -4.48. The molecule has 130 valence electrons. The van der Waals surface area contributed by atoms with Gasteiger partial charge in [-0.3, -0.25) is 4.79 Å². The fourth-order valence-electron chi connectivity index (χ4n) is 2.57. The second-order valence-corrected chi connectivity index (χ2v) is 6.45. The van der Waals surface area contributed by atoms with Gasteiger partial charge in [-0.25, -0.2) is 0 Å². The van der Waals surface area contributed by atoms with E-state index in [0.29, 0.717) is 54.6 Å². The minimum absolute atomic E-state index is 0.128. The summed E-state index contributed by atoms with van der Waals surface area (Å²) < 4.78 is 43.1.